The first kappa shape index (κ1) is 18.5. The highest BCUT2D eigenvalue weighted by Gasteiger charge is 2.27. The molecule has 0 N–H and O–H groups in total. The summed E-state index contributed by atoms with van der Waals surface area (Å²) in [4.78, 5) is 24.8. The second-order valence-corrected chi connectivity index (χ2v) is 5.96. The van der Waals surface area contributed by atoms with Crippen molar-refractivity contribution < 1.29 is 23.4 Å². The van der Waals surface area contributed by atoms with Crippen LogP contribution in [-0.4, -0.2) is 27.3 Å². The molecule has 140 valence electrons. The van der Waals surface area contributed by atoms with Crippen LogP contribution in [0.15, 0.2) is 57.7 Å². The van der Waals surface area contributed by atoms with Gasteiger partial charge in [-0.05, 0) is 29.7 Å². The van der Waals surface area contributed by atoms with Crippen LogP contribution in [0.5, 0.6) is 11.5 Å². The van der Waals surface area contributed by atoms with E-state index in [1.165, 1.54) is 27.4 Å². The lowest BCUT2D eigenvalue weighted by Gasteiger charge is -2.18. The lowest BCUT2D eigenvalue weighted by atomic mass is 9.90. The van der Waals surface area contributed by atoms with Crippen LogP contribution in [0.2, 0.25) is 0 Å². The lowest BCUT2D eigenvalue weighted by molar-refractivity contribution is -0.142. The summed E-state index contributed by atoms with van der Waals surface area (Å²) in [5.41, 5.74) is 1.14. The maximum atomic E-state index is 12.5. The van der Waals surface area contributed by atoms with Crippen LogP contribution < -0.4 is 15.1 Å². The molecule has 1 heterocycles. The van der Waals surface area contributed by atoms with E-state index >= 15 is 0 Å². The zero-order valence-corrected chi connectivity index (χ0v) is 15.4. The molecular formula is C21H20O6. The molecule has 0 saturated carbocycles. The molecule has 6 nitrogen and oxygen atoms in total. The number of hydrogen-bond acceptors (Lipinski definition) is 6. The van der Waals surface area contributed by atoms with Crippen molar-refractivity contribution >= 4 is 16.9 Å². The summed E-state index contributed by atoms with van der Waals surface area (Å²) in [5, 5.41) is 0.596. The van der Waals surface area contributed by atoms with Crippen molar-refractivity contribution in [3.05, 3.63) is 70.1 Å². The average molecular weight is 368 g/mol. The molecule has 0 radical (unpaired) electrons. The minimum Gasteiger partial charge on any atom is -0.493 e. The lowest BCUT2D eigenvalue weighted by Crippen LogP contribution is -2.19. The summed E-state index contributed by atoms with van der Waals surface area (Å²) in [7, 11) is 4.29. The van der Waals surface area contributed by atoms with E-state index in [-0.39, 0.29) is 5.58 Å². The van der Waals surface area contributed by atoms with Crippen LogP contribution in [0.4, 0.5) is 0 Å². The molecule has 27 heavy (non-hydrogen) atoms. The van der Waals surface area contributed by atoms with Gasteiger partial charge in [-0.3, -0.25) is 4.79 Å². The van der Waals surface area contributed by atoms with Crippen molar-refractivity contribution in [2.24, 2.45) is 0 Å². The highest BCUT2D eigenvalue weighted by Crippen LogP contribution is 2.38. The molecule has 0 saturated heterocycles. The quantitative estimate of drug-likeness (QED) is 0.491. The Morgan fingerprint density at radius 2 is 1.78 bits per heavy atom. The van der Waals surface area contributed by atoms with Gasteiger partial charge in [-0.1, -0.05) is 30.3 Å². The monoisotopic (exact) mass is 368 g/mol. The Bertz CT molecular complexity index is 1010. The first-order chi connectivity index (χ1) is 13.1. The van der Waals surface area contributed by atoms with E-state index in [1.54, 1.807) is 12.1 Å². The van der Waals surface area contributed by atoms with Gasteiger partial charge in [-0.2, -0.15) is 0 Å². The van der Waals surface area contributed by atoms with E-state index in [0.29, 0.717) is 28.9 Å². The molecule has 1 unspecified atom stereocenters. The molecule has 0 fully saturated rings. The van der Waals surface area contributed by atoms with E-state index in [4.69, 9.17) is 18.6 Å². The molecule has 2 aromatic carbocycles. The predicted molar refractivity (Wildman–Crippen MR) is 100 cm³/mol. The van der Waals surface area contributed by atoms with Gasteiger partial charge >= 0.3 is 11.6 Å². The van der Waals surface area contributed by atoms with Crippen molar-refractivity contribution in [1.82, 2.24) is 0 Å². The van der Waals surface area contributed by atoms with Crippen LogP contribution >= 0.6 is 0 Å². The summed E-state index contributed by atoms with van der Waals surface area (Å²) in [6.45, 7) is 0. The normalized spacial score (nSPS) is 11.8. The van der Waals surface area contributed by atoms with Crippen molar-refractivity contribution in [3.8, 4) is 11.5 Å². The fraction of sp³-hybridized carbons (Fsp3) is 0.238. The van der Waals surface area contributed by atoms with Crippen LogP contribution in [0.3, 0.4) is 0 Å². The van der Waals surface area contributed by atoms with Crippen molar-refractivity contribution in [2.45, 2.75) is 12.3 Å². The van der Waals surface area contributed by atoms with Gasteiger partial charge in [0.15, 0.2) is 11.3 Å². The summed E-state index contributed by atoms with van der Waals surface area (Å²) in [6, 6.07) is 14.3. The first-order valence-electron chi connectivity index (χ1n) is 8.39. The van der Waals surface area contributed by atoms with E-state index in [2.05, 4.69) is 0 Å². The van der Waals surface area contributed by atoms with Gasteiger partial charge in [0.2, 0.25) is 5.75 Å². The van der Waals surface area contributed by atoms with Gasteiger partial charge in [-0.25, -0.2) is 4.79 Å². The number of fused-ring (bicyclic) bond motifs is 1. The SMILES string of the molecule is COC(=O)C(Cc1ccccc1)c1cc(=O)oc2c(OC)c(OC)ccc12. The Balaban J connectivity index is 2.22. The van der Waals surface area contributed by atoms with Crippen LogP contribution in [0.1, 0.15) is 17.0 Å². The molecule has 6 heteroatoms. The number of benzene rings is 2. The van der Waals surface area contributed by atoms with Crippen LogP contribution in [-0.2, 0) is 16.0 Å². The number of methoxy groups -OCH3 is 3. The summed E-state index contributed by atoms with van der Waals surface area (Å²) >= 11 is 0. The van der Waals surface area contributed by atoms with Gasteiger partial charge < -0.3 is 18.6 Å². The van der Waals surface area contributed by atoms with E-state index in [0.717, 1.165) is 5.56 Å². The largest absolute Gasteiger partial charge is 0.493 e. The third-order valence-corrected chi connectivity index (χ3v) is 4.43. The second-order valence-electron chi connectivity index (χ2n) is 5.96. The number of hydrogen-bond donors (Lipinski definition) is 0. The zero-order valence-electron chi connectivity index (χ0n) is 15.4. The van der Waals surface area contributed by atoms with Gasteiger partial charge in [0.05, 0.1) is 27.2 Å². The summed E-state index contributed by atoms with van der Waals surface area (Å²) in [5.74, 6) is -0.358. The minimum absolute atomic E-state index is 0.237. The zero-order chi connectivity index (χ0) is 19.4. The molecule has 0 amide bonds. The van der Waals surface area contributed by atoms with Gasteiger partial charge in [0, 0.05) is 11.5 Å². The minimum atomic E-state index is -0.665. The molecule has 3 rings (SSSR count). The third-order valence-electron chi connectivity index (χ3n) is 4.43. The van der Waals surface area contributed by atoms with Crippen molar-refractivity contribution in [1.29, 1.82) is 0 Å². The highest BCUT2D eigenvalue weighted by molar-refractivity contribution is 5.92. The van der Waals surface area contributed by atoms with E-state index < -0.39 is 17.5 Å². The molecule has 0 aliphatic heterocycles. The smallest absolute Gasteiger partial charge is 0.336 e. The Hall–Kier alpha value is -3.28. The third kappa shape index (κ3) is 3.65. The van der Waals surface area contributed by atoms with Gasteiger partial charge in [-0.15, -0.1) is 0 Å². The Morgan fingerprint density at radius 1 is 1.04 bits per heavy atom. The fourth-order valence-corrected chi connectivity index (χ4v) is 3.16. The maximum absolute atomic E-state index is 12.5. The highest BCUT2D eigenvalue weighted by atomic mass is 16.5. The molecule has 1 aromatic heterocycles. The molecule has 0 aliphatic rings. The Labute approximate surface area is 156 Å². The van der Waals surface area contributed by atoms with Crippen molar-refractivity contribution in [2.75, 3.05) is 21.3 Å². The predicted octanol–water partition coefficient (Wildman–Crippen LogP) is 3.31. The number of esters is 1. The Kier molecular flexibility index (Phi) is 5.45. The molecule has 0 spiro atoms. The molecular weight excluding hydrogens is 348 g/mol. The molecule has 1 atom stereocenters. The van der Waals surface area contributed by atoms with Gasteiger partial charge in [0.1, 0.15) is 0 Å². The number of carbonyl (C=O) groups excluding carboxylic acids is 1. The standard InChI is InChI=1S/C21H20O6/c1-24-17-10-9-14-15(12-18(22)27-19(14)20(17)25-2)16(21(23)26-3)11-13-7-5-4-6-8-13/h4-10,12,16H,11H2,1-3H3. The first-order valence-corrected chi connectivity index (χ1v) is 8.39. The summed E-state index contributed by atoms with van der Waals surface area (Å²) in [6.07, 6.45) is 0.389. The van der Waals surface area contributed by atoms with Crippen molar-refractivity contribution in [3.63, 3.8) is 0 Å². The van der Waals surface area contributed by atoms with E-state index in [9.17, 15) is 9.59 Å². The average Bonchev–Trinajstić information content (AvgIpc) is 2.70. The van der Waals surface area contributed by atoms with Crippen LogP contribution in [0, 0.1) is 0 Å². The maximum Gasteiger partial charge on any atom is 0.336 e. The van der Waals surface area contributed by atoms with E-state index in [1.807, 2.05) is 30.3 Å². The van der Waals surface area contributed by atoms with Crippen LogP contribution in [0.25, 0.3) is 11.0 Å². The number of rotatable bonds is 6. The topological polar surface area (TPSA) is 75.0 Å². The van der Waals surface area contributed by atoms with Gasteiger partial charge in [0.25, 0.3) is 0 Å². The summed E-state index contributed by atoms with van der Waals surface area (Å²) < 4.78 is 21.0. The molecule has 0 bridgehead atoms. The molecule has 3 aromatic rings. The fourth-order valence-electron chi connectivity index (χ4n) is 3.16. The number of ether oxygens (including phenoxy) is 3. The Morgan fingerprint density at radius 3 is 2.41 bits per heavy atom. The number of carbonyl (C=O) groups is 1. The molecule has 0 aliphatic carbocycles. The second kappa shape index (κ2) is 7.95.